The van der Waals surface area contributed by atoms with Crippen LogP contribution in [0.3, 0.4) is 0 Å². The van der Waals surface area contributed by atoms with Crippen LogP contribution in [-0.2, 0) is 4.79 Å². The van der Waals surface area contributed by atoms with Crippen molar-refractivity contribution in [3.8, 4) is 0 Å². The molecule has 3 aliphatic rings. The van der Waals surface area contributed by atoms with Crippen molar-refractivity contribution in [3.63, 3.8) is 0 Å². The van der Waals surface area contributed by atoms with Crippen LogP contribution in [0.15, 0.2) is 30.3 Å². The Morgan fingerprint density at radius 3 is 2.53 bits per heavy atom. The summed E-state index contributed by atoms with van der Waals surface area (Å²) in [5.41, 5.74) is 0.996. The topological polar surface area (TPSA) is 32.3 Å². The zero-order valence-electron chi connectivity index (χ0n) is 11.3. The minimum absolute atomic E-state index is 0.0757. The highest BCUT2D eigenvalue weighted by molar-refractivity contribution is 5.92. The summed E-state index contributed by atoms with van der Waals surface area (Å²) in [7, 11) is 0. The first kappa shape index (κ1) is 11.5. The molecule has 3 heteroatoms. The maximum atomic E-state index is 12.7. The highest BCUT2D eigenvalue weighted by Gasteiger charge is 2.61. The average Bonchev–Trinajstić information content (AvgIpc) is 3.32. The molecule has 2 unspecified atom stereocenters. The van der Waals surface area contributed by atoms with E-state index in [1.54, 1.807) is 0 Å². The Balaban J connectivity index is 1.69. The summed E-state index contributed by atoms with van der Waals surface area (Å²) in [5.74, 6) is 1.05. The van der Waals surface area contributed by atoms with Crippen molar-refractivity contribution in [1.29, 1.82) is 0 Å². The summed E-state index contributed by atoms with van der Waals surface area (Å²) in [6, 6.07) is 10.8. The van der Waals surface area contributed by atoms with E-state index < -0.39 is 0 Å². The highest BCUT2D eigenvalue weighted by Crippen LogP contribution is 2.49. The Bertz CT molecular complexity index is 505. The van der Waals surface area contributed by atoms with Crippen molar-refractivity contribution >= 4 is 5.91 Å². The van der Waals surface area contributed by atoms with Gasteiger partial charge in [-0.15, -0.1) is 0 Å². The maximum absolute atomic E-state index is 12.7. The third kappa shape index (κ3) is 1.71. The Labute approximate surface area is 114 Å². The molecule has 2 aliphatic carbocycles. The van der Waals surface area contributed by atoms with E-state index in [1.807, 2.05) is 6.07 Å². The molecule has 1 heterocycles. The van der Waals surface area contributed by atoms with E-state index in [4.69, 9.17) is 0 Å². The summed E-state index contributed by atoms with van der Waals surface area (Å²) in [5, 5.41) is 3.60. The standard InChI is InChI=1S/C16H20N2O/c1-11(12-7-8-12)18-14(13-5-3-2-4-6-13)17-16(9-10-16)15(18)19/h2-6,11-12,14,17H,7-10H2,1H3. The van der Waals surface area contributed by atoms with Gasteiger partial charge >= 0.3 is 0 Å². The van der Waals surface area contributed by atoms with Gasteiger partial charge in [-0.05, 0) is 44.1 Å². The van der Waals surface area contributed by atoms with E-state index in [-0.39, 0.29) is 11.7 Å². The lowest BCUT2D eigenvalue weighted by Gasteiger charge is -2.30. The Morgan fingerprint density at radius 2 is 1.95 bits per heavy atom. The molecule has 1 saturated heterocycles. The summed E-state index contributed by atoms with van der Waals surface area (Å²) in [6.07, 6.45) is 4.64. The van der Waals surface area contributed by atoms with Gasteiger partial charge in [0.05, 0.1) is 0 Å². The number of benzene rings is 1. The molecule has 0 aromatic heterocycles. The van der Waals surface area contributed by atoms with Gasteiger partial charge in [-0.3, -0.25) is 10.1 Å². The number of nitrogens with one attached hydrogen (secondary N) is 1. The van der Waals surface area contributed by atoms with E-state index in [1.165, 1.54) is 18.4 Å². The van der Waals surface area contributed by atoms with Crippen molar-refractivity contribution in [3.05, 3.63) is 35.9 Å². The third-order valence-electron chi connectivity index (χ3n) is 4.94. The summed E-state index contributed by atoms with van der Waals surface area (Å²) >= 11 is 0. The van der Waals surface area contributed by atoms with Crippen LogP contribution in [0.25, 0.3) is 0 Å². The number of amides is 1. The van der Waals surface area contributed by atoms with Gasteiger partial charge in [-0.1, -0.05) is 30.3 Å². The lowest BCUT2D eigenvalue weighted by atomic mass is 10.1. The van der Waals surface area contributed by atoms with Crippen molar-refractivity contribution in [2.24, 2.45) is 5.92 Å². The van der Waals surface area contributed by atoms with E-state index in [2.05, 4.69) is 41.4 Å². The molecule has 1 N–H and O–H groups in total. The first-order chi connectivity index (χ1) is 9.21. The van der Waals surface area contributed by atoms with Crippen molar-refractivity contribution in [2.45, 2.75) is 50.4 Å². The summed E-state index contributed by atoms with van der Waals surface area (Å²) in [6.45, 7) is 2.22. The van der Waals surface area contributed by atoms with Crippen LogP contribution in [0.2, 0.25) is 0 Å². The molecule has 1 amide bonds. The summed E-state index contributed by atoms with van der Waals surface area (Å²) in [4.78, 5) is 14.8. The fraction of sp³-hybridized carbons (Fsp3) is 0.562. The van der Waals surface area contributed by atoms with Crippen molar-refractivity contribution < 1.29 is 4.79 Å². The highest BCUT2D eigenvalue weighted by atomic mass is 16.2. The molecular weight excluding hydrogens is 236 g/mol. The van der Waals surface area contributed by atoms with E-state index in [9.17, 15) is 4.79 Å². The second kappa shape index (κ2) is 3.83. The van der Waals surface area contributed by atoms with Crippen LogP contribution in [0, 0.1) is 5.92 Å². The molecule has 0 bridgehead atoms. The van der Waals surface area contributed by atoms with Gasteiger partial charge in [0, 0.05) is 6.04 Å². The third-order valence-corrected chi connectivity index (χ3v) is 4.94. The van der Waals surface area contributed by atoms with Gasteiger partial charge in [0.25, 0.3) is 0 Å². The Hall–Kier alpha value is -1.35. The molecular formula is C16H20N2O. The molecule has 2 saturated carbocycles. The molecule has 0 radical (unpaired) electrons. The predicted molar refractivity (Wildman–Crippen MR) is 73.3 cm³/mol. The Kier molecular flexibility index (Phi) is 2.31. The molecule has 1 aromatic carbocycles. The van der Waals surface area contributed by atoms with Crippen molar-refractivity contribution in [1.82, 2.24) is 10.2 Å². The molecule has 3 fully saturated rings. The molecule has 100 valence electrons. The summed E-state index contributed by atoms with van der Waals surface area (Å²) < 4.78 is 0. The van der Waals surface area contributed by atoms with Gasteiger partial charge in [0.15, 0.2) is 0 Å². The largest absolute Gasteiger partial charge is 0.318 e. The Morgan fingerprint density at radius 1 is 1.26 bits per heavy atom. The zero-order chi connectivity index (χ0) is 13.0. The van der Waals surface area contributed by atoms with Crippen LogP contribution in [0.4, 0.5) is 0 Å². The van der Waals surface area contributed by atoms with Crippen LogP contribution >= 0.6 is 0 Å². The maximum Gasteiger partial charge on any atom is 0.244 e. The molecule has 3 nitrogen and oxygen atoms in total. The van der Waals surface area contributed by atoms with Crippen molar-refractivity contribution in [2.75, 3.05) is 0 Å². The van der Waals surface area contributed by atoms with Crippen LogP contribution < -0.4 is 5.32 Å². The first-order valence-corrected chi connectivity index (χ1v) is 7.37. The van der Waals surface area contributed by atoms with Gasteiger partial charge in [-0.2, -0.15) is 0 Å². The molecule has 1 spiro atoms. The minimum atomic E-state index is -0.219. The quantitative estimate of drug-likeness (QED) is 0.901. The molecule has 2 atom stereocenters. The monoisotopic (exact) mass is 256 g/mol. The fourth-order valence-corrected chi connectivity index (χ4v) is 3.35. The lowest BCUT2D eigenvalue weighted by molar-refractivity contribution is -0.133. The second-order valence-corrected chi connectivity index (χ2v) is 6.33. The van der Waals surface area contributed by atoms with Crippen LogP contribution in [0.5, 0.6) is 0 Å². The van der Waals surface area contributed by atoms with E-state index in [0.29, 0.717) is 17.9 Å². The number of hydrogen-bond acceptors (Lipinski definition) is 2. The predicted octanol–water partition coefficient (Wildman–Crippen LogP) is 2.45. The average molecular weight is 256 g/mol. The van der Waals surface area contributed by atoms with E-state index in [0.717, 1.165) is 12.8 Å². The molecule has 4 rings (SSSR count). The zero-order valence-corrected chi connectivity index (χ0v) is 11.3. The number of carbonyl (C=O) groups is 1. The molecule has 19 heavy (non-hydrogen) atoms. The molecule has 1 aromatic rings. The fourth-order valence-electron chi connectivity index (χ4n) is 3.35. The number of hydrogen-bond donors (Lipinski definition) is 1. The number of carbonyl (C=O) groups excluding carboxylic acids is 1. The second-order valence-electron chi connectivity index (χ2n) is 6.33. The van der Waals surface area contributed by atoms with Gasteiger partial charge in [0.1, 0.15) is 11.7 Å². The van der Waals surface area contributed by atoms with Crippen LogP contribution in [-0.4, -0.2) is 22.4 Å². The minimum Gasteiger partial charge on any atom is -0.318 e. The van der Waals surface area contributed by atoms with Gasteiger partial charge in [-0.25, -0.2) is 0 Å². The van der Waals surface area contributed by atoms with Gasteiger partial charge < -0.3 is 4.90 Å². The number of rotatable bonds is 3. The SMILES string of the molecule is CC(C1CC1)N1C(=O)C2(CC2)NC1c1ccccc1. The molecule has 1 aliphatic heterocycles. The number of nitrogens with zero attached hydrogens (tertiary/aromatic N) is 1. The van der Waals surface area contributed by atoms with E-state index >= 15 is 0 Å². The smallest absolute Gasteiger partial charge is 0.244 e. The lowest BCUT2D eigenvalue weighted by Crippen LogP contribution is -2.40. The van der Waals surface area contributed by atoms with Gasteiger partial charge in [0.2, 0.25) is 5.91 Å². The van der Waals surface area contributed by atoms with Crippen LogP contribution in [0.1, 0.15) is 44.3 Å². The normalized spacial score (nSPS) is 29.8. The first-order valence-electron chi connectivity index (χ1n) is 7.37.